The summed E-state index contributed by atoms with van der Waals surface area (Å²) in [4.78, 5) is 0. The largest absolute Gasteiger partial charge is 0.307 e. The summed E-state index contributed by atoms with van der Waals surface area (Å²) >= 11 is 0. The fourth-order valence-electron chi connectivity index (χ4n) is 8.88. The van der Waals surface area contributed by atoms with Crippen LogP contribution in [0, 0.1) is 22.7 Å². The molecule has 0 unspecified atom stereocenters. The van der Waals surface area contributed by atoms with E-state index in [1.54, 1.807) is 0 Å². The van der Waals surface area contributed by atoms with E-state index < -0.39 is 0 Å². The molecule has 0 saturated carbocycles. The molecule has 55 heavy (non-hydrogen) atoms. The molecule has 5 nitrogen and oxygen atoms in total. The van der Waals surface area contributed by atoms with Gasteiger partial charge in [0.1, 0.15) is 6.07 Å². The summed E-state index contributed by atoms with van der Waals surface area (Å²) in [7, 11) is 0. The van der Waals surface area contributed by atoms with Gasteiger partial charge in [0, 0.05) is 43.4 Å². The molecule has 8 aromatic carbocycles. The topological polar surface area (TPSA) is 62.4 Å². The summed E-state index contributed by atoms with van der Waals surface area (Å²) in [5.74, 6) is 0. The van der Waals surface area contributed by atoms with Gasteiger partial charge in [0.2, 0.25) is 0 Å². The maximum Gasteiger partial charge on any atom is 0.101 e. The summed E-state index contributed by atoms with van der Waals surface area (Å²) in [5, 5.41) is 27.4. The minimum atomic E-state index is 0.544. The van der Waals surface area contributed by atoms with Crippen molar-refractivity contribution in [2.24, 2.45) is 0 Å². The Kier molecular flexibility index (Phi) is 6.61. The first-order valence-electron chi connectivity index (χ1n) is 18.3. The molecule has 0 spiro atoms. The molecule has 0 aliphatic heterocycles. The number of nitrogens with zero attached hydrogens (tertiary/aromatic N) is 5. The van der Waals surface area contributed by atoms with Crippen LogP contribution in [0.3, 0.4) is 0 Å². The Bertz CT molecular complexity index is 3420. The van der Waals surface area contributed by atoms with Crippen LogP contribution in [-0.4, -0.2) is 13.7 Å². The fourth-order valence-corrected chi connectivity index (χ4v) is 8.88. The molecule has 0 aliphatic rings. The molecule has 3 heterocycles. The number of nitriles is 2. The maximum atomic E-state index is 10.4. The van der Waals surface area contributed by atoms with Gasteiger partial charge < -0.3 is 13.7 Å². The molecule has 3 aromatic heterocycles. The molecule has 0 saturated heterocycles. The lowest BCUT2D eigenvalue weighted by molar-refractivity contribution is 1.13. The van der Waals surface area contributed by atoms with Gasteiger partial charge in [0.25, 0.3) is 0 Å². The Labute approximate surface area is 316 Å². The summed E-state index contributed by atoms with van der Waals surface area (Å²) in [6.07, 6.45) is 0. The van der Waals surface area contributed by atoms with Crippen LogP contribution >= 0.6 is 0 Å². The average molecular weight is 700 g/mol. The molecule has 11 rings (SSSR count). The molecule has 254 valence electrons. The third-order valence-electron chi connectivity index (χ3n) is 11.1. The number of para-hydroxylation sites is 7. The molecule has 0 radical (unpaired) electrons. The van der Waals surface area contributed by atoms with E-state index in [2.05, 4.69) is 165 Å². The second-order valence-corrected chi connectivity index (χ2v) is 13.9. The zero-order chi connectivity index (χ0) is 36.6. The number of aromatic nitrogens is 3. The molecule has 0 N–H and O–H groups in total. The molecule has 0 bridgehead atoms. The Morgan fingerprint density at radius 2 is 0.782 bits per heavy atom. The van der Waals surface area contributed by atoms with Gasteiger partial charge in [-0.05, 0) is 54.6 Å². The van der Waals surface area contributed by atoms with Gasteiger partial charge in [-0.15, -0.1) is 0 Å². The normalized spacial score (nSPS) is 11.6. The Morgan fingerprint density at radius 3 is 1.40 bits per heavy atom. The van der Waals surface area contributed by atoms with Gasteiger partial charge >= 0.3 is 0 Å². The van der Waals surface area contributed by atoms with E-state index in [1.807, 2.05) is 36.4 Å². The van der Waals surface area contributed by atoms with E-state index in [1.165, 1.54) is 10.8 Å². The second kappa shape index (κ2) is 11.8. The average Bonchev–Trinajstić information content (AvgIpc) is 3.89. The van der Waals surface area contributed by atoms with Crippen LogP contribution in [0.15, 0.2) is 176 Å². The van der Waals surface area contributed by atoms with E-state index in [0.717, 1.165) is 82.8 Å². The molecule has 0 aliphatic carbocycles. The Balaban J connectivity index is 1.27. The summed E-state index contributed by atoms with van der Waals surface area (Å²) in [6, 6.07) is 66.0. The summed E-state index contributed by atoms with van der Waals surface area (Å²) < 4.78 is 6.98. The van der Waals surface area contributed by atoms with Crippen LogP contribution in [0.25, 0.3) is 93.6 Å². The van der Waals surface area contributed by atoms with Gasteiger partial charge in [0.05, 0.1) is 67.4 Å². The molecular formula is C50H29N5. The van der Waals surface area contributed by atoms with E-state index in [-0.39, 0.29) is 0 Å². The van der Waals surface area contributed by atoms with E-state index >= 15 is 0 Å². The standard InChI is InChI=1S/C50H29N5/c51-30-32-27-28-39(48(29-32)55-46-25-10-4-17-37(46)40-19-11-13-33(31-52)49(40)55)36-16-3-8-23-44(36)54-45-24-9-5-18-38(45)41-20-12-26-47(50(41)54)53-42-21-6-1-14-34(42)35-15-2-7-22-43(35)53/h1-29H. The van der Waals surface area contributed by atoms with E-state index in [4.69, 9.17) is 0 Å². The Morgan fingerprint density at radius 1 is 0.327 bits per heavy atom. The van der Waals surface area contributed by atoms with Crippen molar-refractivity contribution >= 4 is 65.4 Å². The van der Waals surface area contributed by atoms with Crippen LogP contribution in [-0.2, 0) is 0 Å². The summed E-state index contributed by atoms with van der Waals surface area (Å²) in [5.41, 5.74) is 12.3. The minimum Gasteiger partial charge on any atom is -0.307 e. The van der Waals surface area contributed by atoms with Gasteiger partial charge in [-0.25, -0.2) is 0 Å². The van der Waals surface area contributed by atoms with E-state index in [0.29, 0.717) is 11.1 Å². The van der Waals surface area contributed by atoms with Gasteiger partial charge in [-0.3, -0.25) is 0 Å². The quantitative estimate of drug-likeness (QED) is 0.184. The third kappa shape index (κ3) is 4.33. The number of hydrogen-bond acceptors (Lipinski definition) is 2. The fraction of sp³-hybridized carbons (Fsp3) is 0. The molecular weight excluding hydrogens is 671 g/mol. The minimum absolute atomic E-state index is 0.544. The van der Waals surface area contributed by atoms with Crippen LogP contribution in [0.5, 0.6) is 0 Å². The maximum absolute atomic E-state index is 10.4. The molecule has 0 atom stereocenters. The number of rotatable bonds is 4. The highest BCUT2D eigenvalue weighted by atomic mass is 15.1. The van der Waals surface area contributed by atoms with Gasteiger partial charge in [-0.1, -0.05) is 121 Å². The van der Waals surface area contributed by atoms with E-state index in [9.17, 15) is 10.5 Å². The smallest absolute Gasteiger partial charge is 0.101 e. The summed E-state index contributed by atoms with van der Waals surface area (Å²) in [6.45, 7) is 0. The van der Waals surface area contributed by atoms with Crippen molar-refractivity contribution in [2.75, 3.05) is 0 Å². The molecule has 0 amide bonds. The Hall–Kier alpha value is -7.86. The lowest BCUT2D eigenvalue weighted by Crippen LogP contribution is -2.04. The van der Waals surface area contributed by atoms with Crippen molar-refractivity contribution < 1.29 is 0 Å². The van der Waals surface area contributed by atoms with Crippen LogP contribution < -0.4 is 0 Å². The lowest BCUT2D eigenvalue weighted by atomic mass is 9.99. The van der Waals surface area contributed by atoms with Crippen molar-refractivity contribution in [3.8, 4) is 40.3 Å². The SMILES string of the molecule is N#Cc1ccc(-c2ccccc2-n2c3ccccc3c3cccc(-n4c5ccccc5c5ccccc54)c32)c(-n2c3ccccc3c3cccc(C#N)c32)c1. The number of hydrogen-bond donors (Lipinski definition) is 0. The lowest BCUT2D eigenvalue weighted by Gasteiger charge is -2.20. The van der Waals surface area contributed by atoms with Crippen molar-refractivity contribution in [2.45, 2.75) is 0 Å². The van der Waals surface area contributed by atoms with Gasteiger partial charge in [-0.2, -0.15) is 10.5 Å². The number of benzene rings is 8. The van der Waals surface area contributed by atoms with Crippen molar-refractivity contribution in [1.82, 2.24) is 13.7 Å². The van der Waals surface area contributed by atoms with Gasteiger partial charge in [0.15, 0.2) is 0 Å². The second-order valence-electron chi connectivity index (χ2n) is 13.9. The zero-order valence-corrected chi connectivity index (χ0v) is 29.5. The van der Waals surface area contributed by atoms with Crippen LogP contribution in [0.4, 0.5) is 0 Å². The highest BCUT2D eigenvalue weighted by Gasteiger charge is 2.24. The zero-order valence-electron chi connectivity index (χ0n) is 29.5. The first-order chi connectivity index (χ1) is 27.2. The predicted octanol–water partition coefficient (Wildman–Crippen LogP) is 12.4. The third-order valence-corrected chi connectivity index (χ3v) is 11.1. The first-order valence-corrected chi connectivity index (χ1v) is 18.3. The molecule has 11 aromatic rings. The monoisotopic (exact) mass is 699 g/mol. The highest BCUT2D eigenvalue weighted by molar-refractivity contribution is 6.16. The highest BCUT2D eigenvalue weighted by Crippen LogP contribution is 2.44. The first kappa shape index (κ1) is 30.7. The van der Waals surface area contributed by atoms with Crippen molar-refractivity contribution in [3.63, 3.8) is 0 Å². The van der Waals surface area contributed by atoms with Crippen LogP contribution in [0.2, 0.25) is 0 Å². The van der Waals surface area contributed by atoms with Crippen LogP contribution in [0.1, 0.15) is 11.1 Å². The van der Waals surface area contributed by atoms with Crippen molar-refractivity contribution in [1.29, 1.82) is 10.5 Å². The predicted molar refractivity (Wildman–Crippen MR) is 224 cm³/mol. The molecule has 5 heteroatoms. The molecule has 0 fully saturated rings. The number of fused-ring (bicyclic) bond motifs is 9. The van der Waals surface area contributed by atoms with Crippen molar-refractivity contribution in [3.05, 3.63) is 187 Å².